The number of hydrogen-bond acceptors (Lipinski definition) is 0. The van der Waals surface area contributed by atoms with Crippen LogP contribution in [0.25, 0.3) is 0 Å². The Hall–Kier alpha value is 0. The van der Waals surface area contributed by atoms with Crippen LogP contribution in [0.2, 0.25) is 0 Å². The molecule has 13 atom stereocenters. The molecule has 0 aromatic heterocycles. The van der Waals surface area contributed by atoms with Gasteiger partial charge in [0.1, 0.15) is 0 Å². The molecule has 0 saturated heterocycles. The molecule has 2 spiro atoms. The summed E-state index contributed by atoms with van der Waals surface area (Å²) >= 11 is 0. The van der Waals surface area contributed by atoms with Gasteiger partial charge in [0, 0.05) is 0 Å². The second kappa shape index (κ2) is 2.78. The smallest absolute Gasteiger partial charge is 0.00463 e. The summed E-state index contributed by atoms with van der Waals surface area (Å²) in [6, 6.07) is 0. The van der Waals surface area contributed by atoms with Gasteiger partial charge in [-0.1, -0.05) is 62.3 Å². The predicted molar refractivity (Wildman–Crippen MR) is 104 cm³/mol. The normalized spacial score (nSPS) is 87.3. The highest BCUT2D eigenvalue weighted by molar-refractivity contribution is 5.62. The molecule has 0 amide bonds. The van der Waals surface area contributed by atoms with Crippen LogP contribution in [0.1, 0.15) is 81.6 Å². The van der Waals surface area contributed by atoms with E-state index in [1.54, 1.807) is 19.3 Å². The number of hydrogen-bond donors (Lipinski definition) is 0. The van der Waals surface area contributed by atoms with Gasteiger partial charge >= 0.3 is 0 Å². The van der Waals surface area contributed by atoms with Gasteiger partial charge in [-0.05, 0) is 97.6 Å². The lowest BCUT2D eigenvalue weighted by molar-refractivity contribution is -0.565. The largest absolute Gasteiger partial charge is 0.0617 e. The molecule has 0 aromatic rings. The van der Waals surface area contributed by atoms with E-state index in [-0.39, 0.29) is 0 Å². The van der Waals surface area contributed by atoms with Crippen LogP contribution in [0.4, 0.5) is 0 Å². The van der Waals surface area contributed by atoms with Gasteiger partial charge in [0.05, 0.1) is 0 Å². The Labute approximate surface area is 160 Å². The minimum Gasteiger partial charge on any atom is -0.0617 e. The van der Waals surface area contributed by atoms with E-state index < -0.39 is 0 Å². The zero-order valence-electron chi connectivity index (χ0n) is 18.5. The van der Waals surface area contributed by atoms with Gasteiger partial charge in [-0.2, -0.15) is 0 Å². The third kappa shape index (κ3) is 0.588. The molecule has 8 rings (SSSR count). The van der Waals surface area contributed by atoms with Gasteiger partial charge in [0.25, 0.3) is 0 Å². The summed E-state index contributed by atoms with van der Waals surface area (Å²) in [5, 5.41) is 0. The van der Waals surface area contributed by atoms with Gasteiger partial charge in [-0.15, -0.1) is 0 Å². The van der Waals surface area contributed by atoms with E-state index in [9.17, 15) is 0 Å². The molecule has 26 heavy (non-hydrogen) atoms. The highest BCUT2D eigenvalue weighted by Gasteiger charge is 3.16. The topological polar surface area (TPSA) is 0 Å². The Bertz CT molecular complexity index is 884. The van der Waals surface area contributed by atoms with Crippen molar-refractivity contribution < 1.29 is 0 Å². The molecule has 6 bridgehead atoms. The van der Waals surface area contributed by atoms with Gasteiger partial charge in [0.2, 0.25) is 0 Å². The molecule has 0 nitrogen and oxygen atoms in total. The van der Waals surface area contributed by atoms with Crippen LogP contribution in [-0.2, 0) is 0 Å². The Balaban J connectivity index is 1.69. The van der Waals surface area contributed by atoms with Crippen molar-refractivity contribution in [2.24, 2.45) is 78.3 Å². The standard InChI is InChI=1S/C26H38/c1-13-17-15-10-16-24-12-20(6)18(3,4)22(17,8)21(7,14(24)2)26(24)23(20,9)19(13,5)11-25(15,16)26/h13-17H,10-12H2,1-9H3. The molecule has 13 unspecified atom stereocenters. The lowest BCUT2D eigenvalue weighted by Gasteiger charge is -3.02. The molecule has 142 valence electrons. The molecule has 0 N–H and O–H groups in total. The maximum absolute atomic E-state index is 2.88. The van der Waals surface area contributed by atoms with Crippen LogP contribution in [-0.4, -0.2) is 0 Å². The first-order valence-electron chi connectivity index (χ1n) is 11.8. The molecular weight excluding hydrogens is 312 g/mol. The summed E-state index contributed by atoms with van der Waals surface area (Å²) in [5.74, 6) is 5.05. The lowest BCUT2D eigenvalue weighted by Crippen LogP contribution is -2.99. The van der Waals surface area contributed by atoms with Crippen LogP contribution in [0.15, 0.2) is 0 Å². The Morgan fingerprint density at radius 1 is 0.769 bits per heavy atom. The summed E-state index contributed by atoms with van der Waals surface area (Å²) in [6.07, 6.45) is 4.80. The molecule has 0 aliphatic heterocycles. The first-order valence-corrected chi connectivity index (χ1v) is 11.8. The molecule has 0 radical (unpaired) electrons. The average Bonchev–Trinajstić information content (AvgIpc) is 2.83. The minimum atomic E-state index is 0.449. The second-order valence-corrected chi connectivity index (χ2v) is 14.5. The van der Waals surface area contributed by atoms with Crippen molar-refractivity contribution in [3.63, 3.8) is 0 Å². The van der Waals surface area contributed by atoms with Crippen molar-refractivity contribution in [1.82, 2.24) is 0 Å². The lowest BCUT2D eigenvalue weighted by atomic mass is 9.01. The molecule has 8 aliphatic carbocycles. The Kier molecular flexibility index (Phi) is 1.59. The summed E-state index contributed by atoms with van der Waals surface area (Å²) in [5.41, 5.74) is 5.39. The van der Waals surface area contributed by atoms with Gasteiger partial charge < -0.3 is 0 Å². The zero-order chi connectivity index (χ0) is 18.5. The molecule has 0 heteroatoms. The zero-order valence-corrected chi connectivity index (χ0v) is 18.5. The van der Waals surface area contributed by atoms with Crippen LogP contribution in [0.5, 0.6) is 0 Å². The summed E-state index contributed by atoms with van der Waals surface area (Å²) in [7, 11) is 0. The van der Waals surface area contributed by atoms with E-state index in [0.717, 1.165) is 40.4 Å². The first-order chi connectivity index (χ1) is 11.8. The average molecular weight is 351 g/mol. The van der Waals surface area contributed by atoms with Crippen molar-refractivity contribution in [2.45, 2.75) is 81.6 Å². The van der Waals surface area contributed by atoms with Crippen LogP contribution < -0.4 is 0 Å². The maximum Gasteiger partial charge on any atom is -0.00463 e. The third-order valence-corrected chi connectivity index (χ3v) is 16.9. The van der Waals surface area contributed by atoms with Crippen LogP contribution in [0.3, 0.4) is 0 Å². The Morgan fingerprint density at radius 2 is 1.42 bits per heavy atom. The van der Waals surface area contributed by atoms with Crippen molar-refractivity contribution in [3.05, 3.63) is 0 Å². The Morgan fingerprint density at radius 3 is 2.08 bits per heavy atom. The van der Waals surface area contributed by atoms with Gasteiger partial charge in [-0.25, -0.2) is 0 Å². The molecular formula is C26H38. The summed E-state index contributed by atoms with van der Waals surface area (Å²) < 4.78 is 0. The van der Waals surface area contributed by atoms with Crippen molar-refractivity contribution in [3.8, 4) is 0 Å². The van der Waals surface area contributed by atoms with Crippen molar-refractivity contribution >= 4 is 0 Å². The third-order valence-electron chi connectivity index (χ3n) is 16.9. The minimum absolute atomic E-state index is 0.449. The van der Waals surface area contributed by atoms with Gasteiger partial charge in [-0.3, -0.25) is 0 Å². The second-order valence-electron chi connectivity index (χ2n) is 14.5. The van der Waals surface area contributed by atoms with E-state index in [2.05, 4.69) is 62.3 Å². The van der Waals surface area contributed by atoms with E-state index in [0.29, 0.717) is 37.9 Å². The molecule has 0 heterocycles. The van der Waals surface area contributed by atoms with E-state index in [1.807, 2.05) is 0 Å². The molecule has 8 aliphatic rings. The van der Waals surface area contributed by atoms with Crippen molar-refractivity contribution in [2.75, 3.05) is 0 Å². The van der Waals surface area contributed by atoms with Crippen molar-refractivity contribution in [1.29, 1.82) is 0 Å². The fourth-order valence-electron chi connectivity index (χ4n) is 16.6. The van der Waals surface area contributed by atoms with E-state index in [4.69, 9.17) is 0 Å². The monoisotopic (exact) mass is 350 g/mol. The van der Waals surface area contributed by atoms with Crippen LogP contribution >= 0.6 is 0 Å². The first kappa shape index (κ1) is 14.9. The quantitative estimate of drug-likeness (QED) is 0.474. The highest BCUT2D eigenvalue weighted by atomic mass is 15.2. The summed E-state index contributed by atoms with van der Waals surface area (Å²) in [6.45, 7) is 25.2. The fourth-order valence-corrected chi connectivity index (χ4v) is 16.6. The molecule has 8 fully saturated rings. The maximum atomic E-state index is 2.88. The SMILES string of the molecule is CC1C2C3CC4C35CC1(C)C1(C)C3(C)CC46C(C)C(C)(C2(C)C3(C)C)C561. The van der Waals surface area contributed by atoms with Gasteiger partial charge in [0.15, 0.2) is 0 Å². The van der Waals surface area contributed by atoms with E-state index >= 15 is 0 Å². The number of rotatable bonds is 0. The predicted octanol–water partition coefficient (Wildman–Crippen LogP) is 6.40. The highest BCUT2D eigenvalue weighted by Crippen LogP contribution is 3.20. The molecule has 0 aromatic carbocycles. The van der Waals surface area contributed by atoms with E-state index in [1.165, 1.54) is 0 Å². The summed E-state index contributed by atoms with van der Waals surface area (Å²) in [4.78, 5) is 0. The molecule has 8 saturated carbocycles. The number of fused-ring (bicyclic) bond motifs is 2. The van der Waals surface area contributed by atoms with Crippen LogP contribution in [0, 0.1) is 78.3 Å². The fraction of sp³-hybridized carbons (Fsp3) is 1.00.